The van der Waals surface area contributed by atoms with Gasteiger partial charge < -0.3 is 19.7 Å². The second kappa shape index (κ2) is 12.4. The Morgan fingerprint density at radius 3 is 1.16 bits per heavy atom. The number of ether oxygens (including phenoxy) is 2. The third-order valence-corrected chi connectivity index (χ3v) is 10.4. The Morgan fingerprint density at radius 2 is 0.818 bits per heavy atom. The fraction of sp³-hybridized carbons (Fsp3) is 0.550. The Labute approximate surface area is 267 Å². The topological polar surface area (TPSA) is 65.5 Å². The lowest BCUT2D eigenvalue weighted by molar-refractivity contribution is 0.0510. The summed E-state index contributed by atoms with van der Waals surface area (Å²) in [5, 5.41) is 20.5. The van der Waals surface area contributed by atoms with E-state index in [1.165, 1.54) is 22.3 Å². The molecule has 0 aromatic heterocycles. The van der Waals surface area contributed by atoms with E-state index in [1.54, 1.807) is 0 Å². The molecule has 2 aliphatic carbocycles. The first-order chi connectivity index (χ1) is 20.4. The van der Waals surface area contributed by atoms with Gasteiger partial charge in [-0.3, -0.25) is 0 Å². The molecule has 4 fully saturated rings. The summed E-state index contributed by atoms with van der Waals surface area (Å²) in [6.45, 7) is 21.4. The molecule has 0 amide bonds. The zero-order chi connectivity index (χ0) is 32.6. The summed E-state index contributed by atoms with van der Waals surface area (Å²) in [5.41, 5.74) is 3.36. The molecular weight excluding hydrogens is 544 g/mol. The molecule has 4 nitrogen and oxygen atoms in total. The number of hydrogen-bond donors (Lipinski definition) is 2. The number of rotatable bonds is 10. The van der Waals surface area contributed by atoms with Gasteiger partial charge in [0.1, 0.15) is 22.4 Å². The average molecular weight is 601 g/mol. The van der Waals surface area contributed by atoms with Crippen LogP contribution in [0.5, 0.6) is 0 Å². The van der Waals surface area contributed by atoms with Crippen LogP contribution in [-0.4, -0.2) is 44.8 Å². The first kappa shape index (κ1) is 34.4. The molecule has 240 valence electrons. The van der Waals surface area contributed by atoms with Gasteiger partial charge in [0.15, 0.2) is 0 Å². The summed E-state index contributed by atoms with van der Waals surface area (Å²) in [7, 11) is 0. The Kier molecular flexibility index (Phi) is 9.66. The maximum absolute atomic E-state index is 10.3. The number of hydrogen-bond acceptors (Lipinski definition) is 4. The highest BCUT2D eigenvalue weighted by Crippen LogP contribution is 2.67. The van der Waals surface area contributed by atoms with Crippen molar-refractivity contribution in [2.24, 2.45) is 10.8 Å². The van der Waals surface area contributed by atoms with Crippen molar-refractivity contribution in [1.82, 2.24) is 0 Å². The van der Waals surface area contributed by atoms with Crippen molar-refractivity contribution in [1.29, 1.82) is 0 Å². The number of epoxide rings is 2. The van der Waals surface area contributed by atoms with Crippen LogP contribution in [0.15, 0.2) is 107 Å². The highest BCUT2D eigenvalue weighted by atomic mass is 16.6. The minimum Gasteiger partial charge on any atom is -0.393 e. The van der Waals surface area contributed by atoms with Gasteiger partial charge in [0.05, 0.1) is 12.2 Å². The van der Waals surface area contributed by atoms with Gasteiger partial charge in [-0.05, 0) is 66.5 Å². The summed E-state index contributed by atoms with van der Waals surface area (Å²) in [6, 6.07) is 0. The smallest absolute Gasteiger partial charge is 0.121 e. The molecule has 4 heteroatoms. The predicted molar refractivity (Wildman–Crippen MR) is 183 cm³/mol. The summed E-state index contributed by atoms with van der Waals surface area (Å²) in [6.07, 6.45) is 32.0. The molecule has 0 bridgehead atoms. The Hall–Kier alpha value is -2.50. The standard InChI is InChI=1S/C40H56O4/c1-29(17-13-19-31(3)21-23-39-35(5,6)25-33(41)27-37(39,9)43-39)15-11-12-16-30(2)18-14-20-32(4)22-24-40-36(7,8)26-34(42)28-38(40,10)44-40/h11-24,33-34,41-42H,25-28H2,1-10H3/b12-11-,17-13+,18-14+,23-21+,24-22+,29-15+,30-16+,31-19-,32-20+/t33-,34-,37+,38+,39-,40-/m0/s1. The van der Waals surface area contributed by atoms with Crippen LogP contribution in [0.2, 0.25) is 0 Å². The average Bonchev–Trinajstić information content (AvgIpc) is 3.73. The fourth-order valence-electron chi connectivity index (χ4n) is 7.99. The zero-order valence-electron chi connectivity index (χ0n) is 28.8. The van der Waals surface area contributed by atoms with E-state index in [9.17, 15) is 10.2 Å². The van der Waals surface area contributed by atoms with E-state index in [0.29, 0.717) is 12.8 Å². The fourth-order valence-corrected chi connectivity index (χ4v) is 7.99. The number of allylic oxidation sites excluding steroid dienone is 16. The van der Waals surface area contributed by atoms with E-state index in [1.807, 2.05) is 0 Å². The van der Waals surface area contributed by atoms with Gasteiger partial charge in [0.25, 0.3) is 0 Å². The Morgan fingerprint density at radius 1 is 0.500 bits per heavy atom. The van der Waals surface area contributed by atoms with Crippen LogP contribution >= 0.6 is 0 Å². The summed E-state index contributed by atoms with van der Waals surface area (Å²) in [5.74, 6) is 0. The van der Waals surface area contributed by atoms with Crippen molar-refractivity contribution in [3.05, 3.63) is 107 Å². The second-order valence-electron chi connectivity index (χ2n) is 15.4. The van der Waals surface area contributed by atoms with Gasteiger partial charge in [-0.15, -0.1) is 0 Å². The van der Waals surface area contributed by atoms with E-state index in [4.69, 9.17) is 9.47 Å². The molecule has 0 aromatic carbocycles. The van der Waals surface area contributed by atoms with E-state index in [0.717, 1.165) is 12.8 Å². The molecule has 2 N–H and O–H groups in total. The van der Waals surface area contributed by atoms with Crippen LogP contribution in [0.3, 0.4) is 0 Å². The molecule has 0 unspecified atom stereocenters. The van der Waals surface area contributed by atoms with Crippen LogP contribution in [-0.2, 0) is 9.47 Å². The molecule has 4 aliphatic rings. The maximum atomic E-state index is 10.3. The van der Waals surface area contributed by atoms with Crippen LogP contribution in [0.25, 0.3) is 0 Å². The van der Waals surface area contributed by atoms with Crippen LogP contribution in [0, 0.1) is 10.8 Å². The highest BCUT2D eigenvalue weighted by molar-refractivity contribution is 5.38. The molecule has 2 heterocycles. The molecule has 2 saturated heterocycles. The predicted octanol–water partition coefficient (Wildman–Crippen LogP) is 8.97. The number of fused-ring (bicyclic) bond motifs is 2. The van der Waals surface area contributed by atoms with Crippen LogP contribution < -0.4 is 0 Å². The van der Waals surface area contributed by atoms with Gasteiger partial charge in [-0.1, -0.05) is 123 Å². The van der Waals surface area contributed by atoms with Gasteiger partial charge in [-0.2, -0.15) is 0 Å². The molecular formula is C40H56O4. The SMILES string of the molecule is CC(=C/C=C/C(C)=C/C=C\C=C(C)\C=C\C=C(C)\C=C\[C@@]12O[C@]1(C)C[C@@H](O)CC2(C)C)/C=C/[C@@]12O[C@]1(C)C[C@@H](O)CC2(C)C. The van der Waals surface area contributed by atoms with Gasteiger partial charge in [0, 0.05) is 23.7 Å². The molecule has 44 heavy (non-hydrogen) atoms. The number of aliphatic hydroxyl groups excluding tert-OH is 2. The summed E-state index contributed by atoms with van der Waals surface area (Å²) < 4.78 is 12.5. The molecule has 0 spiro atoms. The molecule has 2 aliphatic heterocycles. The largest absolute Gasteiger partial charge is 0.393 e. The Balaban J connectivity index is 1.25. The molecule has 6 atom stereocenters. The van der Waals surface area contributed by atoms with Gasteiger partial charge in [-0.25, -0.2) is 0 Å². The zero-order valence-corrected chi connectivity index (χ0v) is 28.8. The van der Waals surface area contributed by atoms with E-state index >= 15 is 0 Å². The van der Waals surface area contributed by atoms with Crippen LogP contribution in [0.1, 0.15) is 94.9 Å². The van der Waals surface area contributed by atoms with Crippen molar-refractivity contribution < 1.29 is 19.7 Å². The second-order valence-corrected chi connectivity index (χ2v) is 15.4. The Bertz CT molecular complexity index is 1270. The highest BCUT2D eigenvalue weighted by Gasteiger charge is 2.75. The van der Waals surface area contributed by atoms with Crippen molar-refractivity contribution in [3.63, 3.8) is 0 Å². The van der Waals surface area contributed by atoms with Gasteiger partial charge in [0.2, 0.25) is 0 Å². The minimum absolute atomic E-state index is 0.0969. The van der Waals surface area contributed by atoms with Crippen LogP contribution in [0.4, 0.5) is 0 Å². The van der Waals surface area contributed by atoms with Crippen molar-refractivity contribution >= 4 is 0 Å². The lowest BCUT2D eigenvalue weighted by atomic mass is 9.63. The normalized spacial score (nSPS) is 39.2. The van der Waals surface area contributed by atoms with E-state index < -0.39 is 0 Å². The third-order valence-electron chi connectivity index (χ3n) is 10.4. The quantitative estimate of drug-likeness (QED) is 0.194. The molecule has 4 rings (SSSR count). The van der Waals surface area contributed by atoms with Gasteiger partial charge >= 0.3 is 0 Å². The summed E-state index contributed by atoms with van der Waals surface area (Å²) >= 11 is 0. The lowest BCUT2D eigenvalue weighted by Crippen LogP contribution is -2.46. The molecule has 2 saturated carbocycles. The third kappa shape index (κ3) is 6.84. The lowest BCUT2D eigenvalue weighted by Gasteiger charge is -2.39. The minimum atomic E-state index is -0.294. The first-order valence-electron chi connectivity index (χ1n) is 16.3. The first-order valence-corrected chi connectivity index (χ1v) is 16.3. The molecule has 0 radical (unpaired) electrons. The number of aliphatic hydroxyl groups is 2. The maximum Gasteiger partial charge on any atom is 0.121 e. The molecule has 0 aromatic rings. The van der Waals surface area contributed by atoms with Crippen molar-refractivity contribution in [2.45, 2.75) is 130 Å². The van der Waals surface area contributed by atoms with Crippen molar-refractivity contribution in [3.8, 4) is 0 Å². The summed E-state index contributed by atoms with van der Waals surface area (Å²) in [4.78, 5) is 0. The van der Waals surface area contributed by atoms with Crippen molar-refractivity contribution in [2.75, 3.05) is 0 Å². The van der Waals surface area contributed by atoms with E-state index in [-0.39, 0.29) is 45.4 Å². The monoisotopic (exact) mass is 600 g/mol. The van der Waals surface area contributed by atoms with E-state index in [2.05, 4.69) is 154 Å².